The molecule has 0 unspecified atom stereocenters. The minimum absolute atomic E-state index is 0.0300. The fraction of sp³-hybridized carbons (Fsp3) is 0.429. The molecular formula is C21H22F3N3O2. The van der Waals surface area contributed by atoms with Gasteiger partial charge in [0.1, 0.15) is 5.82 Å². The molecule has 2 aromatic rings. The molecule has 3 N–H and O–H groups in total. The Labute approximate surface area is 165 Å². The van der Waals surface area contributed by atoms with E-state index in [1.54, 1.807) is 4.57 Å². The number of anilines is 1. The van der Waals surface area contributed by atoms with Crippen LogP contribution in [0.25, 0.3) is 0 Å². The molecule has 1 aromatic heterocycles. The second kappa shape index (κ2) is 6.64. The molecule has 8 heteroatoms. The molecule has 2 bridgehead atoms. The first-order valence-electron chi connectivity index (χ1n) is 9.57. The molecule has 0 spiro atoms. The fourth-order valence-electron chi connectivity index (χ4n) is 4.85. The third-order valence-corrected chi connectivity index (χ3v) is 6.49. The topological polar surface area (TPSA) is 77.1 Å². The Hall–Kier alpha value is -2.77. The lowest BCUT2D eigenvalue weighted by Crippen LogP contribution is -2.69. The summed E-state index contributed by atoms with van der Waals surface area (Å²) >= 11 is 0. The number of amides is 1. The minimum Gasteiger partial charge on any atom is -0.398 e. The molecule has 3 aliphatic carbocycles. The molecule has 0 aliphatic heterocycles. The standard InChI is InChI=1S/C21H22F3N3O2/c1-2-20-9-21(10-20,11-20)27-8-14(15(25)6-16(27)28)19(29)26-7-12-4-3-5-13(17(12)22)18(23)24/h3-6,8,18H,2,7,9-11,25H2,1H3,(H,26,29). The minimum atomic E-state index is -2.94. The number of rotatable bonds is 6. The first kappa shape index (κ1) is 19.5. The van der Waals surface area contributed by atoms with Gasteiger partial charge in [0.15, 0.2) is 0 Å². The van der Waals surface area contributed by atoms with Crippen molar-refractivity contribution in [2.24, 2.45) is 5.41 Å². The van der Waals surface area contributed by atoms with Gasteiger partial charge in [0.05, 0.1) is 16.8 Å². The number of alkyl halides is 2. The van der Waals surface area contributed by atoms with Crippen LogP contribution in [0.1, 0.15) is 60.5 Å². The lowest BCUT2D eigenvalue weighted by atomic mass is 9.38. The van der Waals surface area contributed by atoms with Gasteiger partial charge in [-0.15, -0.1) is 0 Å². The molecule has 1 amide bonds. The van der Waals surface area contributed by atoms with Crippen LogP contribution >= 0.6 is 0 Å². The molecule has 0 saturated heterocycles. The number of nitrogens with zero attached hydrogens (tertiary/aromatic N) is 1. The zero-order valence-electron chi connectivity index (χ0n) is 16.0. The first-order valence-corrected chi connectivity index (χ1v) is 9.57. The van der Waals surface area contributed by atoms with Crippen molar-refractivity contribution in [1.82, 2.24) is 9.88 Å². The van der Waals surface area contributed by atoms with Gasteiger partial charge < -0.3 is 15.6 Å². The zero-order chi connectivity index (χ0) is 21.0. The molecule has 3 saturated carbocycles. The number of carbonyl (C=O) groups is 1. The van der Waals surface area contributed by atoms with Crippen LogP contribution < -0.4 is 16.6 Å². The van der Waals surface area contributed by atoms with Gasteiger partial charge in [-0.3, -0.25) is 9.59 Å². The lowest BCUT2D eigenvalue weighted by molar-refractivity contribution is -0.190. The van der Waals surface area contributed by atoms with Gasteiger partial charge >= 0.3 is 0 Å². The van der Waals surface area contributed by atoms with E-state index in [0.717, 1.165) is 31.7 Å². The van der Waals surface area contributed by atoms with Crippen LogP contribution in [0, 0.1) is 11.2 Å². The molecule has 29 heavy (non-hydrogen) atoms. The van der Waals surface area contributed by atoms with Gasteiger partial charge in [0, 0.05) is 29.9 Å². The first-order chi connectivity index (χ1) is 13.7. The van der Waals surface area contributed by atoms with Crippen molar-refractivity contribution in [2.45, 2.75) is 51.1 Å². The average Bonchev–Trinajstić information content (AvgIpc) is 2.60. The number of halogens is 3. The summed E-state index contributed by atoms with van der Waals surface area (Å²) in [6.45, 7) is 1.86. The monoisotopic (exact) mass is 405 g/mol. The molecule has 154 valence electrons. The maximum absolute atomic E-state index is 14.2. The van der Waals surface area contributed by atoms with Crippen molar-refractivity contribution in [3.8, 4) is 0 Å². The highest BCUT2D eigenvalue weighted by Gasteiger charge is 2.67. The Bertz CT molecular complexity index is 1030. The van der Waals surface area contributed by atoms with E-state index in [2.05, 4.69) is 12.2 Å². The summed E-state index contributed by atoms with van der Waals surface area (Å²) in [6.07, 6.45) is 2.32. The smallest absolute Gasteiger partial charge is 0.266 e. The fourth-order valence-corrected chi connectivity index (χ4v) is 4.85. The van der Waals surface area contributed by atoms with Crippen LogP contribution in [0.3, 0.4) is 0 Å². The zero-order valence-corrected chi connectivity index (χ0v) is 16.0. The average molecular weight is 405 g/mol. The van der Waals surface area contributed by atoms with Crippen molar-refractivity contribution in [3.05, 3.63) is 63.3 Å². The summed E-state index contributed by atoms with van der Waals surface area (Å²) < 4.78 is 41.4. The highest BCUT2D eigenvalue weighted by atomic mass is 19.3. The van der Waals surface area contributed by atoms with E-state index < -0.39 is 23.7 Å². The number of nitrogen functional groups attached to an aromatic ring is 1. The van der Waals surface area contributed by atoms with Gasteiger partial charge in [-0.1, -0.05) is 31.5 Å². The van der Waals surface area contributed by atoms with Crippen LogP contribution in [0.15, 0.2) is 35.3 Å². The molecule has 5 rings (SSSR count). The largest absolute Gasteiger partial charge is 0.398 e. The van der Waals surface area contributed by atoms with Gasteiger partial charge in [-0.25, -0.2) is 13.2 Å². The number of nitrogens with one attached hydrogen (secondary N) is 1. The van der Waals surface area contributed by atoms with Crippen LogP contribution in [0.2, 0.25) is 0 Å². The molecule has 3 aliphatic rings. The Kier molecular flexibility index (Phi) is 4.47. The molecular weight excluding hydrogens is 383 g/mol. The van der Waals surface area contributed by atoms with E-state index in [0.29, 0.717) is 5.41 Å². The molecule has 1 heterocycles. The van der Waals surface area contributed by atoms with Crippen molar-refractivity contribution in [3.63, 3.8) is 0 Å². The summed E-state index contributed by atoms with van der Waals surface area (Å²) in [5.74, 6) is -1.63. The maximum atomic E-state index is 14.2. The number of benzene rings is 1. The molecule has 3 fully saturated rings. The number of hydrogen-bond donors (Lipinski definition) is 2. The number of nitrogens with two attached hydrogens (primary N) is 1. The molecule has 0 atom stereocenters. The van der Waals surface area contributed by atoms with E-state index >= 15 is 0 Å². The SMILES string of the molecule is CCC12CC(n3cc(C(=O)NCc4cccc(C(F)F)c4F)c(N)cc3=O)(C1)C2. The van der Waals surface area contributed by atoms with Gasteiger partial charge in [0.2, 0.25) is 0 Å². The normalized spacial score (nSPS) is 24.7. The van der Waals surface area contributed by atoms with Crippen molar-refractivity contribution in [2.75, 3.05) is 5.73 Å². The van der Waals surface area contributed by atoms with Gasteiger partial charge in [0.25, 0.3) is 17.9 Å². The Morgan fingerprint density at radius 1 is 1.31 bits per heavy atom. The summed E-state index contributed by atoms with van der Waals surface area (Å²) in [7, 11) is 0. The second-order valence-electron chi connectivity index (χ2n) is 8.26. The Balaban J connectivity index is 1.54. The number of hydrogen-bond acceptors (Lipinski definition) is 3. The van der Waals surface area contributed by atoms with E-state index in [4.69, 9.17) is 5.73 Å². The Morgan fingerprint density at radius 2 is 2.00 bits per heavy atom. The Morgan fingerprint density at radius 3 is 2.62 bits per heavy atom. The van der Waals surface area contributed by atoms with Gasteiger partial charge in [-0.2, -0.15) is 0 Å². The van der Waals surface area contributed by atoms with Crippen LogP contribution in [-0.2, 0) is 12.1 Å². The van der Waals surface area contributed by atoms with Crippen LogP contribution in [0.4, 0.5) is 18.9 Å². The predicted octanol–water partition coefficient (Wildman–Crippen LogP) is 3.73. The van der Waals surface area contributed by atoms with E-state index in [9.17, 15) is 22.8 Å². The van der Waals surface area contributed by atoms with Crippen LogP contribution in [-0.4, -0.2) is 10.5 Å². The van der Waals surface area contributed by atoms with Crippen LogP contribution in [0.5, 0.6) is 0 Å². The van der Waals surface area contributed by atoms with E-state index in [1.165, 1.54) is 24.4 Å². The van der Waals surface area contributed by atoms with Crippen molar-refractivity contribution in [1.29, 1.82) is 0 Å². The second-order valence-corrected chi connectivity index (χ2v) is 8.26. The summed E-state index contributed by atoms with van der Waals surface area (Å²) in [6, 6.07) is 4.88. The molecule has 0 radical (unpaired) electrons. The number of carbonyl (C=O) groups excluding carboxylic acids is 1. The van der Waals surface area contributed by atoms with E-state index in [-0.39, 0.29) is 34.5 Å². The summed E-state index contributed by atoms with van der Waals surface area (Å²) in [4.78, 5) is 25.0. The highest BCUT2D eigenvalue weighted by Crippen LogP contribution is 2.72. The van der Waals surface area contributed by atoms with Gasteiger partial charge in [-0.05, 0) is 24.7 Å². The maximum Gasteiger partial charge on any atom is 0.266 e. The highest BCUT2D eigenvalue weighted by molar-refractivity contribution is 5.98. The summed E-state index contributed by atoms with van der Waals surface area (Å²) in [5, 5.41) is 2.51. The quantitative estimate of drug-likeness (QED) is 0.769. The van der Waals surface area contributed by atoms with Crippen molar-refractivity contribution >= 4 is 11.6 Å². The third kappa shape index (κ3) is 3.01. The molecule has 5 nitrogen and oxygen atoms in total. The number of pyridine rings is 1. The summed E-state index contributed by atoms with van der Waals surface area (Å²) in [5.41, 5.74) is 5.08. The van der Waals surface area contributed by atoms with Crippen molar-refractivity contribution < 1.29 is 18.0 Å². The van der Waals surface area contributed by atoms with E-state index in [1.807, 2.05) is 0 Å². The molecule has 1 aromatic carbocycles. The third-order valence-electron chi connectivity index (χ3n) is 6.49. The predicted molar refractivity (Wildman–Crippen MR) is 102 cm³/mol. The lowest BCUT2D eigenvalue weighted by Gasteiger charge is -2.71. The number of aromatic nitrogens is 1.